The molecule has 1 heterocycles. The van der Waals surface area contributed by atoms with E-state index >= 15 is 0 Å². The third kappa shape index (κ3) is 1.94. The zero-order chi connectivity index (χ0) is 14.1. The van der Waals surface area contributed by atoms with Crippen LogP contribution in [0.25, 0.3) is 5.70 Å². The van der Waals surface area contributed by atoms with Crippen LogP contribution in [0.4, 0.5) is 5.69 Å². The molecule has 1 aliphatic heterocycles. The molecule has 1 amide bonds. The number of hydrogen-bond acceptors (Lipinski definition) is 4. The zero-order valence-electron chi connectivity index (χ0n) is 10.8. The van der Waals surface area contributed by atoms with Crippen LogP contribution in [0.15, 0.2) is 53.5 Å². The van der Waals surface area contributed by atoms with Crippen molar-refractivity contribution >= 4 is 17.3 Å². The minimum absolute atomic E-state index is 0.158. The van der Waals surface area contributed by atoms with Crippen molar-refractivity contribution in [1.29, 1.82) is 0 Å². The molecule has 100 valence electrons. The van der Waals surface area contributed by atoms with Gasteiger partial charge in [0.05, 0.1) is 18.2 Å². The number of rotatable bonds is 3. The summed E-state index contributed by atoms with van der Waals surface area (Å²) in [5, 5.41) is 12.3. The molecule has 20 heavy (non-hydrogen) atoms. The van der Waals surface area contributed by atoms with Crippen molar-refractivity contribution in [3.63, 3.8) is 0 Å². The predicted molar refractivity (Wildman–Crippen MR) is 72.9 cm³/mol. The lowest BCUT2D eigenvalue weighted by Gasteiger charge is -2.16. The van der Waals surface area contributed by atoms with E-state index in [1.807, 2.05) is 0 Å². The second-order valence-corrected chi connectivity index (χ2v) is 4.29. The number of amides is 1. The summed E-state index contributed by atoms with van der Waals surface area (Å²) in [7, 11) is 1.57. The molecular weight excluding hydrogens is 256 g/mol. The third-order valence-corrected chi connectivity index (χ3v) is 3.11. The predicted octanol–water partition coefficient (Wildman–Crippen LogP) is 0.859. The molecule has 0 saturated heterocycles. The highest BCUT2D eigenvalue weighted by Crippen LogP contribution is 2.21. The fraction of sp³-hybridized carbons (Fsp3) is 0.0667. The standard InChI is InChI=1S/C15H12N2O3/c1-20-11-8-6-10(7-9-11)17(19)14-12-4-2-3-5-13(12)16-15(14)18/h2-9,19H,1H3. The Bertz CT molecular complexity index is 782. The molecule has 1 aliphatic rings. The summed E-state index contributed by atoms with van der Waals surface area (Å²) in [5.74, 6) is 0.222. The number of hydroxylamine groups is 1. The Kier molecular flexibility index (Phi) is 2.96. The topological polar surface area (TPSA) is 62.1 Å². The van der Waals surface area contributed by atoms with E-state index in [4.69, 9.17) is 4.74 Å². The molecule has 2 aromatic carbocycles. The van der Waals surface area contributed by atoms with Crippen LogP contribution in [0.3, 0.4) is 0 Å². The van der Waals surface area contributed by atoms with Gasteiger partial charge in [0.25, 0.3) is 5.91 Å². The molecule has 0 spiro atoms. The van der Waals surface area contributed by atoms with Gasteiger partial charge >= 0.3 is 0 Å². The molecule has 0 radical (unpaired) electrons. The van der Waals surface area contributed by atoms with Crippen molar-refractivity contribution in [3.8, 4) is 5.75 Å². The Morgan fingerprint density at radius 2 is 1.80 bits per heavy atom. The van der Waals surface area contributed by atoms with Crippen LogP contribution in [-0.2, 0) is 4.79 Å². The Labute approximate surface area is 115 Å². The van der Waals surface area contributed by atoms with Gasteiger partial charge in [-0.25, -0.2) is 10.1 Å². The van der Waals surface area contributed by atoms with E-state index in [1.54, 1.807) is 55.6 Å². The summed E-state index contributed by atoms with van der Waals surface area (Å²) in [5.41, 5.74) is 0.631. The lowest BCUT2D eigenvalue weighted by molar-refractivity contribution is -0.113. The first-order valence-corrected chi connectivity index (χ1v) is 6.06. The molecule has 0 aromatic heterocycles. The Balaban J connectivity index is 2.09. The van der Waals surface area contributed by atoms with Gasteiger partial charge < -0.3 is 4.74 Å². The zero-order valence-corrected chi connectivity index (χ0v) is 10.8. The highest BCUT2D eigenvalue weighted by atomic mass is 16.5. The minimum atomic E-state index is -0.454. The third-order valence-electron chi connectivity index (χ3n) is 3.11. The largest absolute Gasteiger partial charge is 0.497 e. The minimum Gasteiger partial charge on any atom is -0.497 e. The van der Waals surface area contributed by atoms with E-state index < -0.39 is 5.91 Å². The van der Waals surface area contributed by atoms with Crippen molar-refractivity contribution in [2.45, 2.75) is 0 Å². The number of fused-ring (bicyclic) bond motifs is 1. The molecule has 0 saturated carbocycles. The first kappa shape index (κ1) is 12.4. The van der Waals surface area contributed by atoms with Gasteiger partial charge in [0.2, 0.25) is 0 Å². The molecule has 1 N–H and O–H groups in total. The van der Waals surface area contributed by atoms with Gasteiger partial charge in [0.15, 0.2) is 0 Å². The number of anilines is 1. The first-order valence-electron chi connectivity index (χ1n) is 6.06. The van der Waals surface area contributed by atoms with E-state index in [-0.39, 0.29) is 5.70 Å². The molecule has 0 aliphatic carbocycles. The number of carbonyl (C=O) groups is 1. The van der Waals surface area contributed by atoms with Gasteiger partial charge in [0.1, 0.15) is 11.4 Å². The Morgan fingerprint density at radius 3 is 2.50 bits per heavy atom. The second kappa shape index (κ2) is 4.79. The monoisotopic (exact) mass is 268 g/mol. The van der Waals surface area contributed by atoms with Gasteiger partial charge in [-0.2, -0.15) is 0 Å². The quantitative estimate of drug-likeness (QED) is 0.839. The molecule has 0 unspecified atom stereocenters. The summed E-state index contributed by atoms with van der Waals surface area (Å²) in [6.45, 7) is 0. The van der Waals surface area contributed by atoms with E-state index in [0.717, 1.165) is 5.06 Å². The average molecular weight is 268 g/mol. The van der Waals surface area contributed by atoms with E-state index in [2.05, 4.69) is 4.99 Å². The van der Waals surface area contributed by atoms with Crippen LogP contribution in [0.5, 0.6) is 5.75 Å². The van der Waals surface area contributed by atoms with E-state index in [1.165, 1.54) is 0 Å². The van der Waals surface area contributed by atoms with Crippen LogP contribution in [0, 0.1) is 0 Å². The SMILES string of the molecule is COc1ccc(N(O)C2=c3ccccc3=NC2=O)cc1. The summed E-state index contributed by atoms with van der Waals surface area (Å²) in [6, 6.07) is 13.8. The lowest BCUT2D eigenvalue weighted by atomic mass is 10.2. The van der Waals surface area contributed by atoms with Crippen molar-refractivity contribution < 1.29 is 14.7 Å². The number of nitrogens with zero attached hydrogens (tertiary/aromatic N) is 2. The van der Waals surface area contributed by atoms with Gasteiger partial charge in [-0.05, 0) is 30.3 Å². The molecular formula is C15H12N2O3. The molecule has 5 heteroatoms. The number of para-hydroxylation sites is 1. The van der Waals surface area contributed by atoms with Crippen molar-refractivity contribution in [1.82, 2.24) is 0 Å². The molecule has 0 fully saturated rings. The maximum atomic E-state index is 11.9. The Morgan fingerprint density at radius 1 is 1.10 bits per heavy atom. The first-order chi connectivity index (χ1) is 9.70. The van der Waals surface area contributed by atoms with Crippen molar-refractivity contribution in [2.24, 2.45) is 4.99 Å². The summed E-state index contributed by atoms with van der Waals surface area (Å²) < 4.78 is 5.06. The maximum Gasteiger partial charge on any atom is 0.297 e. The van der Waals surface area contributed by atoms with Crippen LogP contribution < -0.4 is 20.4 Å². The smallest absolute Gasteiger partial charge is 0.297 e. The molecule has 2 aromatic rings. The van der Waals surface area contributed by atoms with Crippen molar-refractivity contribution in [2.75, 3.05) is 12.2 Å². The van der Waals surface area contributed by atoms with Gasteiger partial charge in [-0.15, -0.1) is 0 Å². The number of carbonyl (C=O) groups excluding carboxylic acids is 1. The summed E-state index contributed by atoms with van der Waals surface area (Å²) in [4.78, 5) is 15.9. The average Bonchev–Trinajstić information content (AvgIpc) is 2.82. The molecule has 5 nitrogen and oxygen atoms in total. The van der Waals surface area contributed by atoms with Gasteiger partial charge in [0, 0.05) is 5.22 Å². The van der Waals surface area contributed by atoms with Crippen LogP contribution in [0.2, 0.25) is 0 Å². The second-order valence-electron chi connectivity index (χ2n) is 4.29. The number of ether oxygens (including phenoxy) is 1. The summed E-state index contributed by atoms with van der Waals surface area (Å²) in [6.07, 6.45) is 0. The number of hydrogen-bond donors (Lipinski definition) is 1. The van der Waals surface area contributed by atoms with Gasteiger partial charge in [-0.1, -0.05) is 18.2 Å². The highest BCUT2D eigenvalue weighted by Gasteiger charge is 2.22. The van der Waals surface area contributed by atoms with Crippen LogP contribution >= 0.6 is 0 Å². The molecule has 0 bridgehead atoms. The molecule has 0 atom stereocenters. The fourth-order valence-corrected chi connectivity index (χ4v) is 2.11. The molecule has 3 rings (SSSR count). The number of methoxy groups -OCH3 is 1. The van der Waals surface area contributed by atoms with Crippen molar-refractivity contribution in [3.05, 3.63) is 59.1 Å². The van der Waals surface area contributed by atoms with E-state index in [0.29, 0.717) is 22.0 Å². The van der Waals surface area contributed by atoms with E-state index in [9.17, 15) is 10.0 Å². The summed E-state index contributed by atoms with van der Waals surface area (Å²) >= 11 is 0. The lowest BCUT2D eigenvalue weighted by Crippen LogP contribution is -2.30. The van der Waals surface area contributed by atoms with Gasteiger partial charge in [-0.3, -0.25) is 10.0 Å². The fourth-order valence-electron chi connectivity index (χ4n) is 2.11. The Hall–Kier alpha value is -2.66. The maximum absolute atomic E-state index is 11.9. The normalized spacial score (nSPS) is 12.9. The number of benzene rings is 2. The van der Waals surface area contributed by atoms with Crippen LogP contribution in [-0.4, -0.2) is 18.2 Å². The highest BCUT2D eigenvalue weighted by molar-refractivity contribution is 6.18. The van der Waals surface area contributed by atoms with Crippen LogP contribution in [0.1, 0.15) is 0 Å².